The van der Waals surface area contributed by atoms with Crippen molar-refractivity contribution in [3.8, 4) is 0 Å². The lowest BCUT2D eigenvalue weighted by molar-refractivity contribution is -0.870. The number of phosphoric ester groups is 1. The number of unbranched alkanes of at least 4 members (excludes halogenated alkanes) is 25. The molecule has 0 fully saturated rings. The lowest BCUT2D eigenvalue weighted by atomic mass is 10.0. The average Bonchev–Trinajstić information content (AvgIpc) is 3.06. The van der Waals surface area contributed by atoms with Crippen molar-refractivity contribution < 1.29 is 32.9 Å². The fraction of sp³-hybridized carbons (Fsp3) is 0.927. The molecule has 0 bridgehead atoms. The van der Waals surface area contributed by atoms with Gasteiger partial charge in [0.05, 0.1) is 39.9 Å². The van der Waals surface area contributed by atoms with Crippen LogP contribution in [0.4, 0.5) is 0 Å². The van der Waals surface area contributed by atoms with Crippen LogP contribution in [-0.4, -0.2) is 73.4 Å². The van der Waals surface area contributed by atoms with Crippen molar-refractivity contribution >= 4 is 13.7 Å². The molecule has 0 radical (unpaired) electrons. The van der Waals surface area contributed by atoms with Gasteiger partial charge in [0.1, 0.15) is 13.2 Å². The molecule has 0 aliphatic carbocycles. The molecule has 1 amide bonds. The molecule has 50 heavy (non-hydrogen) atoms. The second-order valence-electron chi connectivity index (χ2n) is 15.7. The third kappa shape index (κ3) is 35.6. The van der Waals surface area contributed by atoms with Crippen LogP contribution in [0.5, 0.6) is 0 Å². The minimum absolute atomic E-state index is 0.0644. The van der Waals surface area contributed by atoms with Crippen LogP contribution in [0, 0.1) is 0 Å². The highest BCUT2D eigenvalue weighted by Gasteiger charge is 2.27. The molecule has 0 aromatic carbocycles. The summed E-state index contributed by atoms with van der Waals surface area (Å²) in [5.74, 6) is -0.176. The molecule has 3 unspecified atom stereocenters. The van der Waals surface area contributed by atoms with E-state index in [4.69, 9.17) is 9.05 Å². The molecule has 0 rings (SSSR count). The van der Waals surface area contributed by atoms with Gasteiger partial charge < -0.3 is 19.8 Å². The van der Waals surface area contributed by atoms with Crippen LogP contribution in [0.25, 0.3) is 0 Å². The van der Waals surface area contributed by atoms with E-state index in [0.29, 0.717) is 17.4 Å². The molecule has 3 N–H and O–H groups in total. The number of quaternary nitrogens is 1. The number of hydrogen-bond donors (Lipinski definition) is 3. The summed E-state index contributed by atoms with van der Waals surface area (Å²) in [5.41, 5.74) is 0. The van der Waals surface area contributed by atoms with E-state index in [2.05, 4.69) is 19.2 Å². The summed E-state index contributed by atoms with van der Waals surface area (Å²) in [6, 6.07) is -0.838. The first-order valence-electron chi connectivity index (χ1n) is 21.1. The average molecular weight is 732 g/mol. The van der Waals surface area contributed by atoms with Crippen LogP contribution < -0.4 is 5.32 Å². The van der Waals surface area contributed by atoms with Gasteiger partial charge in [-0.05, 0) is 19.3 Å². The van der Waals surface area contributed by atoms with E-state index >= 15 is 0 Å². The predicted octanol–water partition coefficient (Wildman–Crippen LogP) is 11.2. The Morgan fingerprint density at radius 3 is 1.48 bits per heavy atom. The monoisotopic (exact) mass is 732 g/mol. The minimum Gasteiger partial charge on any atom is -0.387 e. The van der Waals surface area contributed by atoms with Crippen LogP contribution >= 0.6 is 7.82 Å². The molecular formula is C41H84N2O6P+. The molecule has 8 nitrogen and oxygen atoms in total. The van der Waals surface area contributed by atoms with Crippen LogP contribution in [-0.2, 0) is 18.4 Å². The van der Waals surface area contributed by atoms with Gasteiger partial charge in [0.25, 0.3) is 0 Å². The largest absolute Gasteiger partial charge is 0.472 e. The summed E-state index contributed by atoms with van der Waals surface area (Å²) < 4.78 is 23.5. The number of nitrogens with zero attached hydrogens (tertiary/aromatic N) is 1. The van der Waals surface area contributed by atoms with Crippen molar-refractivity contribution in [1.82, 2.24) is 5.32 Å². The molecule has 3 atom stereocenters. The number of carbonyl (C=O) groups excluding carboxylic acids is 1. The Bertz CT molecular complexity index is 834. The lowest BCUT2D eigenvalue weighted by Gasteiger charge is -2.25. The Balaban J connectivity index is 4.44. The van der Waals surface area contributed by atoms with Gasteiger partial charge in [-0.15, -0.1) is 0 Å². The highest BCUT2D eigenvalue weighted by molar-refractivity contribution is 7.47. The first-order chi connectivity index (χ1) is 24.0. The zero-order valence-corrected chi connectivity index (χ0v) is 34.5. The number of phosphoric acid groups is 1. The number of hydrogen-bond acceptors (Lipinski definition) is 5. The van der Waals surface area contributed by atoms with Crippen molar-refractivity contribution in [2.75, 3.05) is 40.9 Å². The van der Waals surface area contributed by atoms with Gasteiger partial charge in [0.2, 0.25) is 5.91 Å². The Labute approximate surface area is 310 Å². The maximum Gasteiger partial charge on any atom is 0.472 e. The standard InChI is InChI=1S/C41H83N2O6P/c1-6-8-10-12-14-16-18-20-21-23-25-27-29-31-33-35-41(45)42-39(38-49-50(46,47)48-37-36-43(3,4)5)40(44)34-32-30-28-26-24-22-19-17-15-13-11-9-7-2/h32,34,39-40,44H,6-31,33,35-38H2,1-5H3,(H-,42,45,46,47)/p+1/b34-32+. The Morgan fingerprint density at radius 1 is 0.660 bits per heavy atom. The third-order valence-electron chi connectivity index (χ3n) is 9.51. The van der Waals surface area contributed by atoms with Crippen molar-refractivity contribution in [2.24, 2.45) is 0 Å². The molecule has 0 spiro atoms. The topological polar surface area (TPSA) is 105 Å². The lowest BCUT2D eigenvalue weighted by Crippen LogP contribution is -2.45. The Hall–Kier alpha value is -0.760. The molecule has 0 saturated heterocycles. The molecular weight excluding hydrogens is 647 g/mol. The van der Waals surface area contributed by atoms with Crippen molar-refractivity contribution in [2.45, 2.75) is 206 Å². The highest BCUT2D eigenvalue weighted by atomic mass is 31.2. The molecule has 0 aromatic heterocycles. The second kappa shape index (κ2) is 34.0. The van der Waals surface area contributed by atoms with Gasteiger partial charge in [-0.25, -0.2) is 4.57 Å². The molecule has 0 saturated carbocycles. The van der Waals surface area contributed by atoms with Gasteiger partial charge in [-0.3, -0.25) is 13.8 Å². The van der Waals surface area contributed by atoms with Gasteiger partial charge >= 0.3 is 7.82 Å². The summed E-state index contributed by atoms with van der Waals surface area (Å²) in [7, 11) is 1.58. The number of aliphatic hydroxyl groups is 1. The Morgan fingerprint density at radius 2 is 1.06 bits per heavy atom. The van der Waals surface area contributed by atoms with E-state index < -0.39 is 20.0 Å². The summed E-state index contributed by atoms with van der Waals surface area (Å²) in [4.78, 5) is 23.0. The van der Waals surface area contributed by atoms with Gasteiger partial charge in [-0.2, -0.15) is 0 Å². The zero-order chi connectivity index (χ0) is 37.2. The van der Waals surface area contributed by atoms with E-state index in [1.54, 1.807) is 6.08 Å². The summed E-state index contributed by atoms with van der Waals surface area (Å²) in [6.07, 6.45) is 36.9. The quantitative estimate of drug-likeness (QED) is 0.0253. The number of rotatable bonds is 38. The zero-order valence-electron chi connectivity index (χ0n) is 33.7. The van der Waals surface area contributed by atoms with E-state index in [-0.39, 0.29) is 19.1 Å². The molecule has 0 aromatic rings. The maximum atomic E-state index is 12.8. The van der Waals surface area contributed by atoms with Crippen LogP contribution in [0.3, 0.4) is 0 Å². The molecule has 9 heteroatoms. The van der Waals surface area contributed by atoms with E-state index in [9.17, 15) is 19.4 Å². The second-order valence-corrected chi connectivity index (χ2v) is 17.2. The smallest absolute Gasteiger partial charge is 0.387 e. The predicted molar refractivity (Wildman–Crippen MR) is 212 cm³/mol. The summed E-state index contributed by atoms with van der Waals surface area (Å²) >= 11 is 0. The number of aliphatic hydroxyl groups excluding tert-OH is 1. The first-order valence-corrected chi connectivity index (χ1v) is 22.6. The number of likely N-dealkylation sites (N-methyl/N-ethyl adjacent to an activating group) is 1. The first kappa shape index (κ1) is 49.2. The SMILES string of the molecule is CCCCCCCCCCCCC/C=C/C(O)C(COP(=O)(O)OCC[N+](C)(C)C)NC(=O)CCCCCCCCCCCCCCCCC. The van der Waals surface area contributed by atoms with E-state index in [1.807, 2.05) is 27.2 Å². The Kier molecular flexibility index (Phi) is 33.5. The van der Waals surface area contributed by atoms with Gasteiger partial charge in [0, 0.05) is 6.42 Å². The normalized spacial score (nSPS) is 14.6. The summed E-state index contributed by atoms with van der Waals surface area (Å²) in [6.45, 7) is 4.81. The number of nitrogens with one attached hydrogen (secondary N) is 1. The van der Waals surface area contributed by atoms with Crippen LogP contribution in [0.2, 0.25) is 0 Å². The highest BCUT2D eigenvalue weighted by Crippen LogP contribution is 2.43. The number of amides is 1. The van der Waals surface area contributed by atoms with Gasteiger partial charge in [-0.1, -0.05) is 180 Å². The fourth-order valence-electron chi connectivity index (χ4n) is 6.10. The fourth-order valence-corrected chi connectivity index (χ4v) is 6.84. The van der Waals surface area contributed by atoms with E-state index in [0.717, 1.165) is 38.5 Å². The molecule has 0 aliphatic heterocycles. The number of carbonyl (C=O) groups is 1. The maximum absolute atomic E-state index is 12.8. The van der Waals surface area contributed by atoms with E-state index in [1.165, 1.54) is 135 Å². The molecule has 0 heterocycles. The third-order valence-corrected chi connectivity index (χ3v) is 10.5. The van der Waals surface area contributed by atoms with Crippen molar-refractivity contribution in [1.29, 1.82) is 0 Å². The summed E-state index contributed by atoms with van der Waals surface area (Å²) in [5, 5.41) is 13.8. The molecule has 0 aliphatic rings. The van der Waals surface area contributed by atoms with Crippen molar-refractivity contribution in [3.63, 3.8) is 0 Å². The van der Waals surface area contributed by atoms with Crippen LogP contribution in [0.15, 0.2) is 12.2 Å². The van der Waals surface area contributed by atoms with Gasteiger partial charge in [0.15, 0.2) is 0 Å². The minimum atomic E-state index is -4.33. The van der Waals surface area contributed by atoms with Crippen molar-refractivity contribution in [3.05, 3.63) is 12.2 Å². The molecule has 298 valence electrons. The van der Waals surface area contributed by atoms with Crippen LogP contribution in [0.1, 0.15) is 194 Å². The number of allylic oxidation sites excluding steroid dienone is 1.